The molecule has 2 amide bonds. The zero-order chi connectivity index (χ0) is 18.5. The summed E-state index contributed by atoms with van der Waals surface area (Å²) in [5, 5.41) is 3.67. The first kappa shape index (κ1) is 17.2. The lowest BCUT2D eigenvalue weighted by molar-refractivity contribution is -0.144. The molecule has 1 aromatic carbocycles. The van der Waals surface area contributed by atoms with Crippen molar-refractivity contribution in [1.82, 2.24) is 14.9 Å². The molecule has 1 spiro atoms. The van der Waals surface area contributed by atoms with Crippen LogP contribution in [0.25, 0.3) is 0 Å². The summed E-state index contributed by atoms with van der Waals surface area (Å²) in [6.45, 7) is 2.21. The normalized spacial score (nSPS) is 25.0. The lowest BCUT2D eigenvalue weighted by Crippen LogP contribution is -2.47. The van der Waals surface area contributed by atoms with Gasteiger partial charge < -0.3 is 9.64 Å². The van der Waals surface area contributed by atoms with Gasteiger partial charge in [-0.25, -0.2) is 18.6 Å². The number of fused-ring (bicyclic) bond motifs is 1. The summed E-state index contributed by atoms with van der Waals surface area (Å²) < 4.78 is 32.0. The number of likely N-dealkylation sites (tertiary alicyclic amines) is 1. The van der Waals surface area contributed by atoms with Crippen molar-refractivity contribution in [3.8, 4) is 0 Å². The van der Waals surface area contributed by atoms with Crippen LogP contribution in [0, 0.1) is 17.0 Å². The molecular formula is C18H21F2N3O3. The van der Waals surface area contributed by atoms with Crippen LogP contribution in [0.4, 0.5) is 13.6 Å². The highest BCUT2D eigenvalue weighted by atomic mass is 19.1. The SMILES string of the molecule is COC(=O)N1CCC2(CC1)CN1CC[C@@H](c3cc(F)cc(F)c3)N1C2=O. The molecule has 0 aliphatic carbocycles. The number of methoxy groups -OCH3 is 1. The summed E-state index contributed by atoms with van der Waals surface area (Å²) >= 11 is 0. The molecule has 3 saturated heterocycles. The van der Waals surface area contributed by atoms with Gasteiger partial charge in [0.15, 0.2) is 0 Å². The summed E-state index contributed by atoms with van der Waals surface area (Å²) in [5.41, 5.74) is -0.0443. The summed E-state index contributed by atoms with van der Waals surface area (Å²) in [4.78, 5) is 26.5. The van der Waals surface area contributed by atoms with Gasteiger partial charge in [-0.15, -0.1) is 0 Å². The number of ether oxygens (including phenoxy) is 1. The maximum Gasteiger partial charge on any atom is 0.409 e. The molecule has 8 heteroatoms. The number of rotatable bonds is 1. The van der Waals surface area contributed by atoms with E-state index in [-0.39, 0.29) is 18.0 Å². The van der Waals surface area contributed by atoms with Gasteiger partial charge in [-0.1, -0.05) is 0 Å². The van der Waals surface area contributed by atoms with Crippen LogP contribution in [-0.2, 0) is 9.53 Å². The third-order valence-electron chi connectivity index (χ3n) is 5.83. The first-order chi connectivity index (χ1) is 12.4. The second-order valence-corrected chi connectivity index (χ2v) is 7.28. The van der Waals surface area contributed by atoms with E-state index in [2.05, 4.69) is 0 Å². The van der Waals surface area contributed by atoms with Gasteiger partial charge >= 0.3 is 6.09 Å². The van der Waals surface area contributed by atoms with E-state index in [0.717, 1.165) is 6.07 Å². The maximum absolute atomic E-state index is 13.6. The van der Waals surface area contributed by atoms with Crippen molar-refractivity contribution >= 4 is 12.0 Å². The third-order valence-corrected chi connectivity index (χ3v) is 5.83. The molecule has 1 atom stereocenters. The molecule has 0 unspecified atom stereocenters. The fourth-order valence-electron chi connectivity index (χ4n) is 4.48. The van der Waals surface area contributed by atoms with Crippen molar-refractivity contribution in [1.29, 1.82) is 0 Å². The van der Waals surface area contributed by atoms with Crippen LogP contribution in [0.3, 0.4) is 0 Å². The average molecular weight is 365 g/mol. The van der Waals surface area contributed by atoms with Crippen LogP contribution < -0.4 is 0 Å². The van der Waals surface area contributed by atoms with Gasteiger partial charge in [0, 0.05) is 32.2 Å². The van der Waals surface area contributed by atoms with E-state index in [4.69, 9.17) is 4.74 Å². The minimum atomic E-state index is -0.633. The fourth-order valence-corrected chi connectivity index (χ4v) is 4.48. The predicted octanol–water partition coefficient (Wildman–Crippen LogP) is 2.32. The summed E-state index contributed by atoms with van der Waals surface area (Å²) in [6, 6.07) is 3.10. The molecule has 3 fully saturated rings. The molecule has 0 saturated carbocycles. The van der Waals surface area contributed by atoms with E-state index < -0.39 is 17.0 Å². The van der Waals surface area contributed by atoms with Crippen LogP contribution in [0.5, 0.6) is 0 Å². The Morgan fingerprint density at radius 1 is 1.15 bits per heavy atom. The van der Waals surface area contributed by atoms with Gasteiger partial charge in [-0.05, 0) is 37.0 Å². The summed E-state index contributed by atoms with van der Waals surface area (Å²) in [6.07, 6.45) is 1.41. The number of hydrogen-bond acceptors (Lipinski definition) is 4. The van der Waals surface area contributed by atoms with Crippen molar-refractivity contribution in [3.63, 3.8) is 0 Å². The predicted molar refractivity (Wildman–Crippen MR) is 87.8 cm³/mol. The number of amides is 2. The zero-order valence-corrected chi connectivity index (χ0v) is 14.6. The molecule has 3 heterocycles. The zero-order valence-electron chi connectivity index (χ0n) is 14.6. The molecule has 26 heavy (non-hydrogen) atoms. The van der Waals surface area contributed by atoms with Gasteiger partial charge in [0.25, 0.3) is 0 Å². The minimum absolute atomic E-state index is 0.00538. The molecule has 4 rings (SSSR count). The Morgan fingerprint density at radius 2 is 1.81 bits per heavy atom. The number of hydrazine groups is 1. The molecule has 6 nitrogen and oxygen atoms in total. The fraction of sp³-hybridized carbons (Fsp3) is 0.556. The smallest absolute Gasteiger partial charge is 0.409 e. The molecule has 3 aliphatic heterocycles. The second kappa shape index (κ2) is 6.19. The van der Waals surface area contributed by atoms with E-state index in [1.54, 1.807) is 9.91 Å². The van der Waals surface area contributed by atoms with Crippen LogP contribution in [0.2, 0.25) is 0 Å². The number of hydrogen-bond donors (Lipinski definition) is 0. The van der Waals surface area contributed by atoms with E-state index in [1.165, 1.54) is 19.2 Å². The Morgan fingerprint density at radius 3 is 2.42 bits per heavy atom. The Labute approximate surface area is 150 Å². The van der Waals surface area contributed by atoms with Gasteiger partial charge in [-0.2, -0.15) is 0 Å². The topological polar surface area (TPSA) is 53.1 Å². The summed E-state index contributed by atoms with van der Waals surface area (Å²) in [5.74, 6) is -1.27. The molecule has 0 N–H and O–H groups in total. The average Bonchev–Trinajstić information content (AvgIpc) is 3.13. The Hall–Kier alpha value is -2.22. The summed E-state index contributed by atoms with van der Waals surface area (Å²) in [7, 11) is 1.35. The lowest BCUT2D eigenvalue weighted by Gasteiger charge is -2.37. The number of piperidine rings is 1. The number of halogens is 2. The first-order valence-corrected chi connectivity index (χ1v) is 8.81. The number of benzene rings is 1. The van der Waals surface area contributed by atoms with Gasteiger partial charge in [-0.3, -0.25) is 9.80 Å². The van der Waals surface area contributed by atoms with Crippen molar-refractivity contribution in [2.24, 2.45) is 5.41 Å². The lowest BCUT2D eigenvalue weighted by atomic mass is 9.78. The Kier molecular flexibility index (Phi) is 4.10. The standard InChI is InChI=1S/C18H21F2N3O3/c1-26-17(25)21-6-3-18(4-7-21)11-22-5-2-15(23(22)16(18)24)12-8-13(19)10-14(20)9-12/h8-10,15H,2-7,11H2,1H3/t15-/m0/s1. The minimum Gasteiger partial charge on any atom is -0.453 e. The second-order valence-electron chi connectivity index (χ2n) is 7.28. The van der Waals surface area contributed by atoms with Crippen LogP contribution >= 0.6 is 0 Å². The highest BCUT2D eigenvalue weighted by molar-refractivity contribution is 5.85. The molecule has 1 aromatic rings. The number of carbonyl (C=O) groups excluding carboxylic acids is 2. The Balaban J connectivity index is 1.54. The van der Waals surface area contributed by atoms with Crippen molar-refractivity contribution < 1.29 is 23.1 Å². The molecule has 3 aliphatic rings. The number of nitrogens with zero attached hydrogens (tertiary/aromatic N) is 3. The van der Waals surface area contributed by atoms with E-state index in [9.17, 15) is 18.4 Å². The molecule has 0 bridgehead atoms. The van der Waals surface area contributed by atoms with E-state index in [1.807, 2.05) is 5.01 Å². The van der Waals surface area contributed by atoms with Gasteiger partial charge in [0.2, 0.25) is 5.91 Å². The first-order valence-electron chi connectivity index (χ1n) is 8.81. The molecule has 0 aromatic heterocycles. The quantitative estimate of drug-likeness (QED) is 0.767. The van der Waals surface area contributed by atoms with Gasteiger partial charge in [0.1, 0.15) is 11.6 Å². The molecular weight excluding hydrogens is 344 g/mol. The highest BCUT2D eigenvalue weighted by Gasteiger charge is 2.56. The monoisotopic (exact) mass is 365 g/mol. The number of carbonyl (C=O) groups is 2. The van der Waals surface area contributed by atoms with Crippen molar-refractivity contribution in [2.45, 2.75) is 25.3 Å². The van der Waals surface area contributed by atoms with Crippen molar-refractivity contribution in [2.75, 3.05) is 33.3 Å². The van der Waals surface area contributed by atoms with Crippen LogP contribution in [0.15, 0.2) is 18.2 Å². The van der Waals surface area contributed by atoms with E-state index in [0.29, 0.717) is 51.0 Å². The molecule has 0 radical (unpaired) electrons. The highest BCUT2D eigenvalue weighted by Crippen LogP contribution is 2.47. The van der Waals surface area contributed by atoms with Crippen molar-refractivity contribution in [3.05, 3.63) is 35.4 Å². The van der Waals surface area contributed by atoms with Crippen LogP contribution in [0.1, 0.15) is 30.9 Å². The Bertz CT molecular complexity index is 729. The largest absolute Gasteiger partial charge is 0.453 e. The molecule has 140 valence electrons. The maximum atomic E-state index is 13.6. The third kappa shape index (κ3) is 2.63. The van der Waals surface area contributed by atoms with E-state index >= 15 is 0 Å². The van der Waals surface area contributed by atoms with Gasteiger partial charge in [0.05, 0.1) is 18.6 Å². The van der Waals surface area contributed by atoms with Crippen LogP contribution in [-0.4, -0.2) is 60.2 Å².